The number of Topliss-reactive ketones (excluding diaryl/α,β-unsaturated/α-hetero) is 1. The molecule has 4 N–H and O–H groups in total. The van der Waals surface area contributed by atoms with Gasteiger partial charge < -0.3 is 39.6 Å². The standard InChI is InChI=1S/C27H39NO10/c1-13-14(2)24(28-16(4)30)21(37-23(13)12-35-17(5)31)10-20(32)18-6-8-19(9-7-18)36-27-15(3)25(33)26(34)22(11-29)38-27/h6-9,13-15,21-27,29,33-34H,10-12H2,1-5H3,(H,28,30)/t13-,14-,15?,21-,22?,23?,24?,25+,26+,27+/m0/s1. The fourth-order valence-electron chi connectivity index (χ4n) is 4.97. The summed E-state index contributed by atoms with van der Waals surface area (Å²) >= 11 is 0. The van der Waals surface area contributed by atoms with Crippen LogP contribution in [0.5, 0.6) is 5.75 Å². The largest absolute Gasteiger partial charge is 0.465 e. The van der Waals surface area contributed by atoms with Crippen molar-refractivity contribution in [2.24, 2.45) is 17.8 Å². The Hall–Kier alpha value is -2.57. The average molecular weight is 538 g/mol. The molecule has 0 aromatic heterocycles. The smallest absolute Gasteiger partial charge is 0.302 e. The lowest BCUT2D eigenvalue weighted by Gasteiger charge is -2.44. The van der Waals surface area contributed by atoms with Crippen molar-refractivity contribution in [2.45, 2.75) is 83.9 Å². The summed E-state index contributed by atoms with van der Waals surface area (Å²) in [4.78, 5) is 36.4. The topological polar surface area (TPSA) is 161 Å². The Morgan fingerprint density at radius 2 is 1.55 bits per heavy atom. The molecule has 0 bridgehead atoms. The van der Waals surface area contributed by atoms with E-state index in [1.807, 2.05) is 13.8 Å². The third-order valence-corrected chi connectivity index (χ3v) is 7.56. The first-order valence-corrected chi connectivity index (χ1v) is 12.9. The Morgan fingerprint density at radius 3 is 2.13 bits per heavy atom. The zero-order valence-electron chi connectivity index (χ0n) is 22.4. The van der Waals surface area contributed by atoms with Gasteiger partial charge in [0.1, 0.15) is 24.6 Å². The van der Waals surface area contributed by atoms with Crippen molar-refractivity contribution in [1.82, 2.24) is 5.32 Å². The van der Waals surface area contributed by atoms with Crippen LogP contribution >= 0.6 is 0 Å². The number of ketones is 1. The van der Waals surface area contributed by atoms with Gasteiger partial charge in [-0.1, -0.05) is 20.8 Å². The number of benzene rings is 1. The zero-order valence-corrected chi connectivity index (χ0v) is 22.4. The first-order chi connectivity index (χ1) is 17.9. The van der Waals surface area contributed by atoms with Crippen LogP contribution in [0.1, 0.15) is 51.4 Å². The van der Waals surface area contributed by atoms with Gasteiger partial charge in [0.15, 0.2) is 5.78 Å². The van der Waals surface area contributed by atoms with Crippen molar-refractivity contribution in [3.05, 3.63) is 29.8 Å². The molecule has 212 valence electrons. The molecule has 0 radical (unpaired) electrons. The zero-order chi connectivity index (χ0) is 28.1. The number of amides is 1. The number of aliphatic hydroxyl groups excluding tert-OH is 3. The number of esters is 1. The monoisotopic (exact) mass is 537 g/mol. The SMILES string of the molecule is CC(=O)NC1[C@H](CC(=O)c2ccc(O[C@@H]3OC(CO)[C@@H](O)[C@H](O)C3C)cc2)OC(COC(C)=O)[C@@H](C)[C@@H]1C. The Balaban J connectivity index is 1.69. The van der Waals surface area contributed by atoms with E-state index < -0.39 is 61.3 Å². The van der Waals surface area contributed by atoms with Gasteiger partial charge in [-0.2, -0.15) is 0 Å². The van der Waals surface area contributed by atoms with Gasteiger partial charge in [-0.15, -0.1) is 0 Å². The van der Waals surface area contributed by atoms with Crippen LogP contribution in [0.3, 0.4) is 0 Å². The summed E-state index contributed by atoms with van der Waals surface area (Å²) in [6.45, 7) is 7.93. The predicted octanol–water partition coefficient (Wildman–Crippen LogP) is 0.821. The Morgan fingerprint density at radius 1 is 0.895 bits per heavy atom. The van der Waals surface area contributed by atoms with E-state index in [0.29, 0.717) is 11.3 Å². The normalized spacial score (nSPS) is 35.3. The van der Waals surface area contributed by atoms with E-state index >= 15 is 0 Å². The van der Waals surface area contributed by atoms with Crippen molar-refractivity contribution in [1.29, 1.82) is 0 Å². The van der Waals surface area contributed by atoms with E-state index in [-0.39, 0.29) is 36.6 Å². The fourth-order valence-corrected chi connectivity index (χ4v) is 4.97. The highest BCUT2D eigenvalue weighted by molar-refractivity contribution is 5.96. The molecular weight excluding hydrogens is 498 g/mol. The second-order valence-electron chi connectivity index (χ2n) is 10.3. The fraction of sp³-hybridized carbons (Fsp3) is 0.667. The molecule has 2 saturated heterocycles. The summed E-state index contributed by atoms with van der Waals surface area (Å²) < 4.78 is 22.8. The van der Waals surface area contributed by atoms with Crippen molar-refractivity contribution >= 4 is 17.7 Å². The molecule has 0 aliphatic carbocycles. The number of hydrogen-bond donors (Lipinski definition) is 4. The number of rotatable bonds is 9. The van der Waals surface area contributed by atoms with Crippen LogP contribution in [0.2, 0.25) is 0 Å². The van der Waals surface area contributed by atoms with Gasteiger partial charge in [0.25, 0.3) is 0 Å². The quantitative estimate of drug-likeness (QED) is 0.262. The van der Waals surface area contributed by atoms with Crippen molar-refractivity contribution in [3.63, 3.8) is 0 Å². The predicted molar refractivity (Wildman–Crippen MR) is 134 cm³/mol. The molecule has 11 nitrogen and oxygen atoms in total. The lowest BCUT2D eigenvalue weighted by molar-refractivity contribution is -0.256. The molecule has 1 amide bonds. The highest BCUT2D eigenvalue weighted by Crippen LogP contribution is 2.33. The van der Waals surface area contributed by atoms with Crippen molar-refractivity contribution in [3.8, 4) is 5.75 Å². The molecular formula is C27H39NO10. The Bertz CT molecular complexity index is 965. The molecule has 0 saturated carbocycles. The van der Waals surface area contributed by atoms with Crippen LogP contribution in [-0.4, -0.2) is 89.0 Å². The molecule has 1 aromatic rings. The Labute approximate surface area is 222 Å². The molecule has 2 heterocycles. The van der Waals surface area contributed by atoms with Crippen LogP contribution in [0.4, 0.5) is 0 Å². The maximum absolute atomic E-state index is 13.2. The number of ether oxygens (including phenoxy) is 4. The lowest BCUT2D eigenvalue weighted by Crippen LogP contribution is -2.58. The van der Waals surface area contributed by atoms with Gasteiger partial charge >= 0.3 is 5.97 Å². The third kappa shape index (κ3) is 7.09. The van der Waals surface area contributed by atoms with Gasteiger partial charge in [0, 0.05) is 31.7 Å². The number of carbonyl (C=O) groups excluding carboxylic acids is 3. The summed E-state index contributed by atoms with van der Waals surface area (Å²) in [6.07, 6.45) is -5.27. The van der Waals surface area contributed by atoms with Crippen LogP contribution in [0.15, 0.2) is 24.3 Å². The minimum Gasteiger partial charge on any atom is -0.465 e. The first-order valence-electron chi connectivity index (χ1n) is 12.9. The van der Waals surface area contributed by atoms with Gasteiger partial charge in [-0.05, 0) is 36.1 Å². The van der Waals surface area contributed by atoms with E-state index in [0.717, 1.165) is 0 Å². The first kappa shape index (κ1) is 30.0. The summed E-state index contributed by atoms with van der Waals surface area (Å²) in [7, 11) is 0. The molecule has 4 unspecified atom stereocenters. The molecule has 38 heavy (non-hydrogen) atoms. The van der Waals surface area contributed by atoms with E-state index in [1.165, 1.54) is 13.8 Å². The number of hydrogen-bond acceptors (Lipinski definition) is 10. The number of nitrogens with one attached hydrogen (secondary N) is 1. The van der Waals surface area contributed by atoms with E-state index in [2.05, 4.69) is 5.32 Å². The van der Waals surface area contributed by atoms with E-state index in [4.69, 9.17) is 18.9 Å². The number of aliphatic hydroxyl groups is 3. The minimum atomic E-state index is -1.22. The van der Waals surface area contributed by atoms with Gasteiger partial charge in [0.05, 0.1) is 31.0 Å². The highest BCUT2D eigenvalue weighted by Gasteiger charge is 2.44. The molecule has 0 spiro atoms. The molecule has 2 fully saturated rings. The second-order valence-corrected chi connectivity index (χ2v) is 10.3. The van der Waals surface area contributed by atoms with Gasteiger partial charge in [-0.3, -0.25) is 14.4 Å². The molecule has 1 aromatic carbocycles. The molecule has 2 aliphatic rings. The molecule has 2 aliphatic heterocycles. The second kappa shape index (κ2) is 13.0. The van der Waals surface area contributed by atoms with E-state index in [1.54, 1.807) is 31.2 Å². The number of carbonyl (C=O) groups is 3. The Kier molecular flexibility index (Phi) is 10.2. The van der Waals surface area contributed by atoms with Crippen LogP contribution in [0.25, 0.3) is 0 Å². The summed E-state index contributed by atoms with van der Waals surface area (Å²) in [5.41, 5.74) is 0.409. The third-order valence-electron chi connectivity index (χ3n) is 7.56. The minimum absolute atomic E-state index is 0.00378. The summed E-state index contributed by atoms with van der Waals surface area (Å²) in [5, 5.41) is 32.6. The average Bonchev–Trinajstić information content (AvgIpc) is 2.87. The van der Waals surface area contributed by atoms with Crippen molar-refractivity contribution < 1.29 is 48.7 Å². The molecule has 11 heteroatoms. The van der Waals surface area contributed by atoms with Gasteiger partial charge in [0.2, 0.25) is 12.2 Å². The van der Waals surface area contributed by atoms with Gasteiger partial charge in [-0.25, -0.2) is 0 Å². The lowest BCUT2D eigenvalue weighted by atomic mass is 9.78. The van der Waals surface area contributed by atoms with Crippen LogP contribution in [-0.2, 0) is 23.8 Å². The maximum Gasteiger partial charge on any atom is 0.302 e. The summed E-state index contributed by atoms with van der Waals surface area (Å²) in [5.74, 6) is -1.08. The van der Waals surface area contributed by atoms with Crippen LogP contribution in [0, 0.1) is 17.8 Å². The van der Waals surface area contributed by atoms with E-state index in [9.17, 15) is 29.7 Å². The maximum atomic E-state index is 13.2. The molecule has 10 atom stereocenters. The molecule has 3 rings (SSSR count). The van der Waals surface area contributed by atoms with Crippen LogP contribution < -0.4 is 10.1 Å². The summed E-state index contributed by atoms with van der Waals surface area (Å²) in [6, 6.07) is 5.98. The van der Waals surface area contributed by atoms with Crippen molar-refractivity contribution in [2.75, 3.05) is 13.2 Å². The highest BCUT2D eigenvalue weighted by atomic mass is 16.7.